The largest absolute Gasteiger partial charge is 0.480 e. The Bertz CT molecular complexity index is 822. The molecule has 27 heavy (non-hydrogen) atoms. The van der Waals surface area contributed by atoms with Crippen LogP contribution in [0, 0.1) is 5.82 Å². The molecule has 2 N–H and O–H groups in total. The number of carboxylic acid groups (broad SMARTS) is 1. The number of carboxylic acids is 1. The standard InChI is InChI=1S/C18H20FN3O4S/c1-11(18(25)26)22(8-7-20-12(2)23)17(24)9-16-21-15(10-27-16)13-3-5-14(19)6-4-13/h3-6,10-11H,7-9H2,1-2H3,(H,20,23)(H,25,26). The van der Waals surface area contributed by atoms with Crippen molar-refractivity contribution in [1.82, 2.24) is 15.2 Å². The van der Waals surface area contributed by atoms with E-state index >= 15 is 0 Å². The van der Waals surface area contributed by atoms with Crippen molar-refractivity contribution in [2.24, 2.45) is 0 Å². The van der Waals surface area contributed by atoms with Gasteiger partial charge in [0.15, 0.2) is 0 Å². The summed E-state index contributed by atoms with van der Waals surface area (Å²) in [5.41, 5.74) is 1.35. The van der Waals surface area contributed by atoms with Crippen molar-refractivity contribution in [2.75, 3.05) is 13.1 Å². The van der Waals surface area contributed by atoms with Gasteiger partial charge in [-0.1, -0.05) is 0 Å². The number of rotatable bonds is 8. The van der Waals surface area contributed by atoms with Crippen LogP contribution in [0.1, 0.15) is 18.9 Å². The van der Waals surface area contributed by atoms with Crippen molar-refractivity contribution in [3.05, 3.63) is 40.5 Å². The molecule has 1 heterocycles. The van der Waals surface area contributed by atoms with E-state index in [-0.39, 0.29) is 31.2 Å². The highest BCUT2D eigenvalue weighted by Crippen LogP contribution is 2.23. The number of halogens is 1. The van der Waals surface area contributed by atoms with E-state index < -0.39 is 17.9 Å². The molecule has 0 aliphatic rings. The molecule has 2 aromatic rings. The Labute approximate surface area is 159 Å². The lowest BCUT2D eigenvalue weighted by Gasteiger charge is -2.26. The topological polar surface area (TPSA) is 99.6 Å². The summed E-state index contributed by atoms with van der Waals surface area (Å²) < 4.78 is 13.0. The van der Waals surface area contributed by atoms with E-state index in [1.54, 1.807) is 17.5 Å². The number of amides is 2. The predicted molar refractivity (Wildman–Crippen MR) is 98.7 cm³/mol. The van der Waals surface area contributed by atoms with E-state index in [2.05, 4.69) is 10.3 Å². The lowest BCUT2D eigenvalue weighted by molar-refractivity contribution is -0.149. The van der Waals surface area contributed by atoms with Crippen molar-refractivity contribution >= 4 is 29.1 Å². The number of benzene rings is 1. The molecule has 0 saturated carbocycles. The molecule has 0 aliphatic carbocycles. The third-order valence-electron chi connectivity index (χ3n) is 3.87. The van der Waals surface area contributed by atoms with Gasteiger partial charge in [0.2, 0.25) is 11.8 Å². The van der Waals surface area contributed by atoms with Crippen LogP contribution < -0.4 is 5.32 Å². The summed E-state index contributed by atoms with van der Waals surface area (Å²) in [4.78, 5) is 40.4. The van der Waals surface area contributed by atoms with E-state index in [1.165, 1.54) is 42.2 Å². The summed E-state index contributed by atoms with van der Waals surface area (Å²) >= 11 is 1.27. The van der Waals surface area contributed by atoms with Gasteiger partial charge in [0, 0.05) is 31.0 Å². The molecule has 1 aromatic carbocycles. The fourth-order valence-corrected chi connectivity index (χ4v) is 3.19. The van der Waals surface area contributed by atoms with Gasteiger partial charge < -0.3 is 15.3 Å². The van der Waals surface area contributed by atoms with Gasteiger partial charge in [0.1, 0.15) is 16.9 Å². The highest BCUT2D eigenvalue weighted by Gasteiger charge is 2.26. The Morgan fingerprint density at radius 3 is 2.56 bits per heavy atom. The van der Waals surface area contributed by atoms with Crippen LogP contribution in [0.4, 0.5) is 4.39 Å². The molecule has 0 aliphatic heterocycles. The van der Waals surface area contributed by atoms with Gasteiger partial charge in [-0.15, -0.1) is 11.3 Å². The maximum atomic E-state index is 13.0. The third kappa shape index (κ3) is 5.85. The second-order valence-electron chi connectivity index (χ2n) is 5.89. The highest BCUT2D eigenvalue weighted by atomic mass is 32.1. The minimum Gasteiger partial charge on any atom is -0.480 e. The summed E-state index contributed by atoms with van der Waals surface area (Å²) in [5.74, 6) is -2.12. The van der Waals surface area contributed by atoms with E-state index in [9.17, 15) is 23.9 Å². The average Bonchev–Trinajstić information content (AvgIpc) is 3.06. The van der Waals surface area contributed by atoms with Gasteiger partial charge in [-0.2, -0.15) is 0 Å². The minimum absolute atomic E-state index is 0.0520. The minimum atomic E-state index is -1.13. The smallest absolute Gasteiger partial charge is 0.326 e. The number of hydrogen-bond acceptors (Lipinski definition) is 5. The van der Waals surface area contributed by atoms with Crippen LogP contribution in [0.15, 0.2) is 29.6 Å². The predicted octanol–water partition coefficient (Wildman–Crippen LogP) is 1.93. The van der Waals surface area contributed by atoms with Crippen LogP contribution in [-0.2, 0) is 20.8 Å². The molecule has 1 atom stereocenters. The molecule has 0 saturated heterocycles. The van der Waals surface area contributed by atoms with Gasteiger partial charge >= 0.3 is 5.97 Å². The first kappa shape index (κ1) is 20.5. The molecule has 1 aromatic heterocycles. The number of hydrogen-bond donors (Lipinski definition) is 2. The lowest BCUT2D eigenvalue weighted by Crippen LogP contribution is -2.47. The van der Waals surface area contributed by atoms with E-state index in [0.717, 1.165) is 5.56 Å². The fraction of sp³-hybridized carbons (Fsp3) is 0.333. The average molecular weight is 393 g/mol. The summed E-state index contributed by atoms with van der Waals surface area (Å²) in [5, 5.41) is 14.1. The number of thiazole rings is 1. The maximum Gasteiger partial charge on any atom is 0.326 e. The number of nitrogens with zero attached hydrogens (tertiary/aromatic N) is 2. The Balaban J connectivity index is 2.08. The van der Waals surface area contributed by atoms with Crippen molar-refractivity contribution in [1.29, 1.82) is 0 Å². The monoisotopic (exact) mass is 393 g/mol. The first-order valence-corrected chi connectivity index (χ1v) is 9.13. The molecular weight excluding hydrogens is 373 g/mol. The molecule has 0 bridgehead atoms. The van der Waals surface area contributed by atoms with Crippen molar-refractivity contribution in [3.8, 4) is 11.3 Å². The van der Waals surface area contributed by atoms with Gasteiger partial charge in [-0.3, -0.25) is 9.59 Å². The molecule has 144 valence electrons. The number of nitrogens with one attached hydrogen (secondary N) is 1. The Morgan fingerprint density at radius 2 is 1.96 bits per heavy atom. The van der Waals surface area contributed by atoms with Crippen LogP contribution in [0.2, 0.25) is 0 Å². The van der Waals surface area contributed by atoms with Crippen molar-refractivity contribution < 1.29 is 23.9 Å². The van der Waals surface area contributed by atoms with Crippen LogP contribution >= 0.6 is 11.3 Å². The summed E-state index contributed by atoms with van der Waals surface area (Å²) in [7, 11) is 0. The zero-order chi connectivity index (χ0) is 20.0. The zero-order valence-corrected chi connectivity index (χ0v) is 15.8. The van der Waals surface area contributed by atoms with Crippen LogP contribution in [0.25, 0.3) is 11.3 Å². The van der Waals surface area contributed by atoms with Crippen molar-refractivity contribution in [2.45, 2.75) is 26.3 Å². The lowest BCUT2D eigenvalue weighted by atomic mass is 10.2. The SMILES string of the molecule is CC(=O)NCCN(C(=O)Cc1nc(-c2ccc(F)cc2)cs1)C(C)C(=O)O. The molecule has 0 fully saturated rings. The molecule has 0 radical (unpaired) electrons. The molecule has 9 heteroatoms. The molecule has 1 unspecified atom stereocenters. The van der Waals surface area contributed by atoms with Crippen LogP contribution in [0.5, 0.6) is 0 Å². The highest BCUT2D eigenvalue weighted by molar-refractivity contribution is 7.10. The van der Waals surface area contributed by atoms with Crippen LogP contribution in [-0.4, -0.2) is 51.9 Å². The fourth-order valence-electron chi connectivity index (χ4n) is 2.40. The molecular formula is C18H20FN3O4S. The summed E-state index contributed by atoms with van der Waals surface area (Å²) in [6, 6.07) is 4.84. The summed E-state index contributed by atoms with van der Waals surface area (Å²) in [6.07, 6.45) is -0.0520. The van der Waals surface area contributed by atoms with Crippen LogP contribution in [0.3, 0.4) is 0 Å². The van der Waals surface area contributed by atoms with Crippen molar-refractivity contribution in [3.63, 3.8) is 0 Å². The Morgan fingerprint density at radius 1 is 1.30 bits per heavy atom. The van der Waals surface area contributed by atoms with E-state index in [4.69, 9.17) is 0 Å². The zero-order valence-electron chi connectivity index (χ0n) is 14.9. The first-order valence-electron chi connectivity index (χ1n) is 8.25. The second-order valence-corrected chi connectivity index (χ2v) is 6.84. The first-order chi connectivity index (χ1) is 12.8. The molecule has 2 amide bonds. The van der Waals surface area contributed by atoms with Gasteiger partial charge in [0.25, 0.3) is 0 Å². The van der Waals surface area contributed by atoms with Gasteiger partial charge in [0.05, 0.1) is 12.1 Å². The normalized spacial score (nSPS) is 11.7. The third-order valence-corrected chi connectivity index (χ3v) is 4.71. The number of carbonyl (C=O) groups is 3. The maximum absolute atomic E-state index is 13.0. The number of aliphatic carboxylic acids is 1. The molecule has 0 spiro atoms. The van der Waals surface area contributed by atoms with E-state index in [0.29, 0.717) is 10.7 Å². The van der Waals surface area contributed by atoms with E-state index in [1.807, 2.05) is 0 Å². The summed E-state index contributed by atoms with van der Waals surface area (Å²) in [6.45, 7) is 3.01. The number of carbonyl (C=O) groups excluding carboxylic acids is 2. The number of aromatic nitrogens is 1. The Hall–Kier alpha value is -2.81. The quantitative estimate of drug-likeness (QED) is 0.714. The van der Waals surface area contributed by atoms with Gasteiger partial charge in [-0.05, 0) is 31.2 Å². The molecule has 2 rings (SSSR count). The molecule has 7 nitrogen and oxygen atoms in total. The Kier molecular flexibility index (Phi) is 7.00. The second kappa shape index (κ2) is 9.22. The van der Waals surface area contributed by atoms with Gasteiger partial charge in [-0.25, -0.2) is 14.2 Å².